The average Bonchev–Trinajstić information content (AvgIpc) is 2.44. The van der Waals surface area contributed by atoms with Gasteiger partial charge in [0.25, 0.3) is 0 Å². The lowest BCUT2D eigenvalue weighted by atomic mass is 9.81. The van der Waals surface area contributed by atoms with Gasteiger partial charge in [-0.1, -0.05) is 67.9 Å². The Bertz CT molecular complexity index is 596. The summed E-state index contributed by atoms with van der Waals surface area (Å²) in [4.78, 5) is 12.7. The Morgan fingerprint density at radius 1 is 0.950 bits per heavy atom. The molecule has 0 aromatic heterocycles. The Morgan fingerprint density at radius 2 is 1.60 bits per heavy atom. The van der Waals surface area contributed by atoms with Crippen LogP contribution in [0.15, 0.2) is 48.5 Å². The van der Waals surface area contributed by atoms with E-state index in [1.807, 2.05) is 44.2 Å². The molecule has 0 N–H and O–H groups in total. The van der Waals surface area contributed by atoms with Gasteiger partial charge >= 0.3 is 0 Å². The van der Waals surface area contributed by atoms with Gasteiger partial charge in [0, 0.05) is 5.92 Å². The van der Waals surface area contributed by atoms with E-state index in [1.54, 1.807) is 0 Å². The number of hydrogen-bond acceptors (Lipinski definition) is 1. The fraction of sp³-hybridized carbons (Fsp3) is 0.316. The Kier molecular flexibility index (Phi) is 4.39. The van der Waals surface area contributed by atoms with Gasteiger partial charge in [-0.05, 0) is 30.5 Å². The molecule has 0 aliphatic rings. The van der Waals surface area contributed by atoms with Gasteiger partial charge in [-0.3, -0.25) is 4.79 Å². The van der Waals surface area contributed by atoms with Gasteiger partial charge in [0.2, 0.25) is 0 Å². The van der Waals surface area contributed by atoms with Gasteiger partial charge in [-0.25, -0.2) is 0 Å². The summed E-state index contributed by atoms with van der Waals surface area (Å²) in [6.45, 7) is 8.11. The third kappa shape index (κ3) is 2.98. The van der Waals surface area contributed by atoms with Crippen molar-refractivity contribution in [2.24, 2.45) is 5.92 Å². The van der Waals surface area contributed by atoms with Crippen molar-refractivity contribution in [2.45, 2.75) is 33.6 Å². The van der Waals surface area contributed by atoms with Gasteiger partial charge in [0.1, 0.15) is 5.78 Å². The summed E-state index contributed by atoms with van der Waals surface area (Å²) >= 11 is 0. The van der Waals surface area contributed by atoms with Crippen LogP contribution >= 0.6 is 0 Å². The van der Waals surface area contributed by atoms with Crippen molar-refractivity contribution < 1.29 is 4.79 Å². The first-order valence-corrected chi connectivity index (χ1v) is 7.16. The number of carbonyl (C=O) groups is 1. The lowest BCUT2D eigenvalue weighted by molar-refractivity contribution is -0.122. The summed E-state index contributed by atoms with van der Waals surface area (Å²) in [6.07, 6.45) is 0. The van der Waals surface area contributed by atoms with Crippen LogP contribution in [0.25, 0.3) is 0 Å². The fourth-order valence-corrected chi connectivity index (χ4v) is 2.55. The van der Waals surface area contributed by atoms with Crippen LogP contribution in [0.1, 0.15) is 42.0 Å². The van der Waals surface area contributed by atoms with Crippen molar-refractivity contribution in [2.75, 3.05) is 0 Å². The molecule has 2 aromatic rings. The Balaban J connectivity index is 2.58. The van der Waals surface area contributed by atoms with Gasteiger partial charge in [0.15, 0.2) is 0 Å². The van der Waals surface area contributed by atoms with E-state index in [-0.39, 0.29) is 17.6 Å². The van der Waals surface area contributed by atoms with Crippen molar-refractivity contribution >= 4 is 5.78 Å². The van der Waals surface area contributed by atoms with Crippen LogP contribution in [0.4, 0.5) is 0 Å². The van der Waals surface area contributed by atoms with Gasteiger partial charge in [-0.2, -0.15) is 0 Å². The molecule has 2 aromatic carbocycles. The van der Waals surface area contributed by atoms with Crippen molar-refractivity contribution in [1.29, 1.82) is 0 Å². The van der Waals surface area contributed by atoms with E-state index < -0.39 is 0 Å². The van der Waals surface area contributed by atoms with Gasteiger partial charge in [0.05, 0.1) is 5.92 Å². The second-order valence-electron chi connectivity index (χ2n) is 5.76. The van der Waals surface area contributed by atoms with Gasteiger partial charge < -0.3 is 0 Å². The maximum atomic E-state index is 12.7. The predicted molar refractivity (Wildman–Crippen MR) is 84.0 cm³/mol. The highest BCUT2D eigenvalue weighted by Crippen LogP contribution is 2.31. The predicted octanol–water partition coefficient (Wildman–Crippen LogP) is 4.66. The van der Waals surface area contributed by atoms with E-state index in [1.165, 1.54) is 11.1 Å². The van der Waals surface area contributed by atoms with E-state index >= 15 is 0 Å². The summed E-state index contributed by atoms with van der Waals surface area (Å²) in [7, 11) is 0. The smallest absolute Gasteiger partial charge is 0.147 e. The van der Waals surface area contributed by atoms with Crippen LogP contribution in [0.5, 0.6) is 0 Å². The van der Waals surface area contributed by atoms with Crippen LogP contribution in [0.2, 0.25) is 0 Å². The number of benzene rings is 2. The minimum atomic E-state index is -0.156. The molecular weight excluding hydrogens is 244 g/mol. The molecule has 1 heteroatoms. The van der Waals surface area contributed by atoms with Crippen LogP contribution < -0.4 is 0 Å². The second-order valence-corrected chi connectivity index (χ2v) is 5.76. The van der Waals surface area contributed by atoms with Crippen molar-refractivity contribution in [3.05, 3.63) is 70.8 Å². The van der Waals surface area contributed by atoms with Crippen LogP contribution in [-0.4, -0.2) is 5.78 Å². The van der Waals surface area contributed by atoms with Crippen molar-refractivity contribution in [3.8, 4) is 0 Å². The Labute approximate surface area is 121 Å². The lowest BCUT2D eigenvalue weighted by Crippen LogP contribution is -2.20. The molecule has 0 aliphatic carbocycles. The summed E-state index contributed by atoms with van der Waals surface area (Å²) in [5.41, 5.74) is 4.59. The molecular formula is C19H22O. The normalized spacial score (nSPS) is 12.4. The molecule has 0 spiro atoms. The quantitative estimate of drug-likeness (QED) is 0.786. The largest absolute Gasteiger partial charge is 0.298 e. The van der Waals surface area contributed by atoms with Crippen LogP contribution in [0, 0.1) is 19.8 Å². The first-order valence-electron chi connectivity index (χ1n) is 7.16. The zero-order chi connectivity index (χ0) is 14.7. The summed E-state index contributed by atoms with van der Waals surface area (Å²) in [5, 5.41) is 0. The minimum Gasteiger partial charge on any atom is -0.298 e. The Hall–Kier alpha value is -1.89. The molecule has 0 aliphatic heterocycles. The van der Waals surface area contributed by atoms with E-state index in [0.29, 0.717) is 0 Å². The van der Waals surface area contributed by atoms with Crippen LogP contribution in [0.3, 0.4) is 0 Å². The number of rotatable bonds is 4. The number of hydrogen-bond donors (Lipinski definition) is 0. The third-order valence-electron chi connectivity index (χ3n) is 3.73. The third-order valence-corrected chi connectivity index (χ3v) is 3.73. The maximum Gasteiger partial charge on any atom is 0.147 e. The first-order chi connectivity index (χ1) is 9.50. The average molecular weight is 266 g/mol. The SMILES string of the molecule is Cc1ccc(C)c(C(C(=O)C(C)C)c2ccccc2)c1. The van der Waals surface area contributed by atoms with E-state index in [9.17, 15) is 4.79 Å². The molecule has 0 radical (unpaired) electrons. The van der Waals surface area contributed by atoms with E-state index in [4.69, 9.17) is 0 Å². The van der Waals surface area contributed by atoms with Crippen molar-refractivity contribution in [1.82, 2.24) is 0 Å². The van der Waals surface area contributed by atoms with E-state index in [2.05, 4.69) is 32.0 Å². The number of Topliss-reactive ketones (excluding diaryl/α,β-unsaturated/α-hetero) is 1. The number of ketones is 1. The summed E-state index contributed by atoms with van der Waals surface area (Å²) < 4.78 is 0. The monoisotopic (exact) mass is 266 g/mol. The molecule has 0 amide bonds. The molecule has 0 fully saturated rings. The second kappa shape index (κ2) is 6.04. The summed E-state index contributed by atoms with van der Waals surface area (Å²) in [6, 6.07) is 16.4. The maximum absolute atomic E-state index is 12.7. The molecule has 0 heterocycles. The summed E-state index contributed by atoms with van der Waals surface area (Å²) in [5.74, 6) is 0.154. The Morgan fingerprint density at radius 3 is 2.20 bits per heavy atom. The molecule has 1 nitrogen and oxygen atoms in total. The molecule has 0 bridgehead atoms. The molecule has 20 heavy (non-hydrogen) atoms. The fourth-order valence-electron chi connectivity index (χ4n) is 2.55. The molecule has 0 saturated heterocycles. The highest BCUT2D eigenvalue weighted by atomic mass is 16.1. The molecule has 2 rings (SSSR count). The molecule has 0 saturated carbocycles. The van der Waals surface area contributed by atoms with Crippen molar-refractivity contribution in [3.63, 3.8) is 0 Å². The number of carbonyl (C=O) groups excluding carboxylic acids is 1. The topological polar surface area (TPSA) is 17.1 Å². The first kappa shape index (κ1) is 14.5. The number of aryl methyl sites for hydroxylation is 2. The highest BCUT2D eigenvalue weighted by molar-refractivity contribution is 5.90. The highest BCUT2D eigenvalue weighted by Gasteiger charge is 2.26. The standard InChI is InChI=1S/C19H22O/c1-13(2)19(20)18(16-8-6-5-7-9-16)17-12-14(3)10-11-15(17)4/h5-13,18H,1-4H3. The van der Waals surface area contributed by atoms with Crippen LogP contribution in [-0.2, 0) is 4.79 Å². The zero-order valence-electron chi connectivity index (χ0n) is 12.7. The molecule has 1 unspecified atom stereocenters. The van der Waals surface area contributed by atoms with Gasteiger partial charge in [-0.15, -0.1) is 0 Å². The zero-order valence-corrected chi connectivity index (χ0v) is 12.7. The molecule has 1 atom stereocenters. The van der Waals surface area contributed by atoms with E-state index in [0.717, 1.165) is 11.1 Å². The minimum absolute atomic E-state index is 0.0279. The lowest BCUT2D eigenvalue weighted by Gasteiger charge is -2.21. The molecule has 104 valence electrons.